The molecule has 7 nitrogen and oxygen atoms in total. The number of nitrogens with one attached hydrogen (secondary N) is 1. The number of carbonyl (C=O) groups excluding carboxylic acids is 1. The first-order valence-corrected chi connectivity index (χ1v) is 8.24. The minimum atomic E-state index is -1.13. The van der Waals surface area contributed by atoms with Gasteiger partial charge in [0.25, 0.3) is 0 Å². The molecule has 1 aromatic rings. The summed E-state index contributed by atoms with van der Waals surface area (Å²) in [6.45, 7) is 9.15. The number of rotatable bonds is 6. The highest BCUT2D eigenvalue weighted by Gasteiger charge is 2.25. The maximum atomic E-state index is 11.9. The molecule has 0 aliphatic heterocycles. The summed E-state index contributed by atoms with van der Waals surface area (Å²) < 4.78 is 5.22. The van der Waals surface area contributed by atoms with E-state index in [9.17, 15) is 14.7 Å². The van der Waals surface area contributed by atoms with Gasteiger partial charge in [0.15, 0.2) is 5.69 Å². The molecule has 0 saturated carbocycles. The fraction of sp³-hybridized carbons (Fsp3) is 0.667. The lowest BCUT2D eigenvalue weighted by atomic mass is 9.98. The van der Waals surface area contributed by atoms with Gasteiger partial charge in [0.2, 0.25) is 0 Å². The number of hydrogen-bond donors (Lipinski definition) is 3. The van der Waals surface area contributed by atoms with Crippen LogP contribution < -0.4 is 5.32 Å². The van der Waals surface area contributed by atoms with E-state index in [1.165, 1.54) is 5.38 Å². The number of carboxylic acids is 1. The third-order valence-electron chi connectivity index (χ3n) is 3.01. The van der Waals surface area contributed by atoms with Crippen LogP contribution >= 0.6 is 11.3 Å². The van der Waals surface area contributed by atoms with E-state index in [-0.39, 0.29) is 24.1 Å². The molecule has 0 spiro atoms. The molecule has 0 bridgehead atoms. The minimum absolute atomic E-state index is 0.0658. The van der Waals surface area contributed by atoms with Crippen LogP contribution in [0.1, 0.15) is 62.6 Å². The van der Waals surface area contributed by atoms with Gasteiger partial charge in [-0.3, -0.25) is 0 Å². The average molecular weight is 344 g/mol. The highest BCUT2D eigenvalue weighted by molar-refractivity contribution is 7.09. The van der Waals surface area contributed by atoms with Gasteiger partial charge in [0, 0.05) is 17.8 Å². The first kappa shape index (κ1) is 19.4. The molecule has 0 saturated heterocycles. The highest BCUT2D eigenvalue weighted by atomic mass is 32.1. The number of aliphatic hydroxyl groups is 1. The Kier molecular flexibility index (Phi) is 6.52. The van der Waals surface area contributed by atoms with E-state index < -0.39 is 23.8 Å². The molecule has 0 radical (unpaired) electrons. The van der Waals surface area contributed by atoms with Crippen molar-refractivity contribution < 1.29 is 24.5 Å². The van der Waals surface area contributed by atoms with Crippen molar-refractivity contribution >= 4 is 23.4 Å². The first-order chi connectivity index (χ1) is 10.5. The Morgan fingerprint density at radius 3 is 2.43 bits per heavy atom. The number of aliphatic hydroxyl groups excluding tert-OH is 1. The number of amides is 1. The van der Waals surface area contributed by atoms with E-state index >= 15 is 0 Å². The van der Waals surface area contributed by atoms with Crippen LogP contribution in [0.3, 0.4) is 0 Å². The Bertz CT molecular complexity index is 550. The van der Waals surface area contributed by atoms with Crippen molar-refractivity contribution in [3.8, 4) is 0 Å². The van der Waals surface area contributed by atoms with Gasteiger partial charge in [-0.1, -0.05) is 13.8 Å². The van der Waals surface area contributed by atoms with Gasteiger partial charge >= 0.3 is 12.1 Å². The van der Waals surface area contributed by atoms with E-state index in [2.05, 4.69) is 10.3 Å². The maximum Gasteiger partial charge on any atom is 0.407 e. The summed E-state index contributed by atoms with van der Waals surface area (Å²) in [5, 5.41) is 23.6. The summed E-state index contributed by atoms with van der Waals surface area (Å²) in [6, 6.07) is -0.322. The molecular formula is C15H24N2O5S. The average Bonchev–Trinajstić information content (AvgIpc) is 2.85. The number of hydrogen-bond acceptors (Lipinski definition) is 6. The summed E-state index contributed by atoms with van der Waals surface area (Å²) in [7, 11) is 0. The van der Waals surface area contributed by atoms with Gasteiger partial charge in [0.05, 0.1) is 0 Å². The Morgan fingerprint density at radius 1 is 1.39 bits per heavy atom. The molecule has 0 aliphatic carbocycles. The predicted molar refractivity (Wildman–Crippen MR) is 86.6 cm³/mol. The normalized spacial score (nSPS) is 14.4. The van der Waals surface area contributed by atoms with Crippen molar-refractivity contribution in [2.24, 2.45) is 5.92 Å². The summed E-state index contributed by atoms with van der Waals surface area (Å²) in [5.74, 6) is -1.07. The number of aromatic nitrogens is 1. The number of alkyl carbamates (subject to hydrolysis) is 1. The molecule has 0 aromatic carbocycles. The SMILES string of the molecule is CC(C)[C@@H](C[C@H](O)c1nc(C(=O)O)cs1)NC(=O)OC(C)(C)C. The van der Waals surface area contributed by atoms with Crippen molar-refractivity contribution in [1.29, 1.82) is 0 Å². The summed E-state index contributed by atoms with van der Waals surface area (Å²) in [4.78, 5) is 26.6. The van der Waals surface area contributed by atoms with Crippen molar-refractivity contribution in [2.45, 2.75) is 58.8 Å². The highest BCUT2D eigenvalue weighted by Crippen LogP contribution is 2.24. The van der Waals surface area contributed by atoms with E-state index in [1.807, 2.05) is 13.8 Å². The van der Waals surface area contributed by atoms with E-state index in [1.54, 1.807) is 20.8 Å². The molecule has 8 heteroatoms. The van der Waals surface area contributed by atoms with Gasteiger partial charge in [-0.25, -0.2) is 14.6 Å². The summed E-state index contributed by atoms with van der Waals surface area (Å²) >= 11 is 1.08. The van der Waals surface area contributed by atoms with Crippen LogP contribution in [0.2, 0.25) is 0 Å². The second-order valence-electron chi connectivity index (χ2n) is 6.62. The van der Waals surface area contributed by atoms with Crippen molar-refractivity contribution in [2.75, 3.05) is 0 Å². The number of carbonyl (C=O) groups is 2. The van der Waals surface area contributed by atoms with Crippen LogP contribution in [0.4, 0.5) is 4.79 Å². The molecule has 23 heavy (non-hydrogen) atoms. The lowest BCUT2D eigenvalue weighted by Crippen LogP contribution is -2.42. The minimum Gasteiger partial charge on any atom is -0.476 e. The standard InChI is InChI=1S/C15H24N2O5S/c1-8(2)9(17-14(21)22-15(3,4)5)6-11(18)12-16-10(7-23-12)13(19)20/h7-9,11,18H,6H2,1-5H3,(H,17,21)(H,19,20)/t9-,11+/m1/s1. The summed E-state index contributed by atoms with van der Waals surface area (Å²) in [6.07, 6.45) is -1.27. The van der Waals surface area contributed by atoms with Crippen LogP contribution in [0.5, 0.6) is 0 Å². The maximum absolute atomic E-state index is 11.9. The number of nitrogens with zero attached hydrogens (tertiary/aromatic N) is 1. The van der Waals surface area contributed by atoms with Crippen molar-refractivity contribution in [1.82, 2.24) is 10.3 Å². The zero-order chi connectivity index (χ0) is 17.8. The smallest absolute Gasteiger partial charge is 0.407 e. The van der Waals surface area contributed by atoms with Gasteiger partial charge < -0.3 is 20.3 Å². The monoisotopic (exact) mass is 344 g/mol. The van der Waals surface area contributed by atoms with Gasteiger partial charge in [-0.05, 0) is 26.7 Å². The Balaban J connectivity index is 2.71. The van der Waals surface area contributed by atoms with Gasteiger partial charge in [0.1, 0.15) is 16.7 Å². The molecular weight excluding hydrogens is 320 g/mol. The number of carboxylic acid groups (broad SMARTS) is 1. The number of ether oxygens (including phenoxy) is 1. The van der Waals surface area contributed by atoms with E-state index in [4.69, 9.17) is 9.84 Å². The molecule has 130 valence electrons. The third kappa shape index (κ3) is 6.54. The van der Waals surface area contributed by atoms with Crippen LogP contribution in [0, 0.1) is 5.92 Å². The molecule has 1 amide bonds. The van der Waals surface area contributed by atoms with Crippen molar-refractivity contribution in [3.63, 3.8) is 0 Å². The summed E-state index contributed by atoms with van der Waals surface area (Å²) in [5.41, 5.74) is -0.694. The molecule has 0 unspecified atom stereocenters. The Labute approximate surface area is 139 Å². The zero-order valence-corrected chi connectivity index (χ0v) is 14.8. The molecule has 1 rings (SSSR count). The lowest BCUT2D eigenvalue weighted by Gasteiger charge is -2.26. The first-order valence-electron chi connectivity index (χ1n) is 7.36. The predicted octanol–water partition coefficient (Wildman–Crippen LogP) is 2.81. The zero-order valence-electron chi connectivity index (χ0n) is 14.0. The van der Waals surface area contributed by atoms with Gasteiger partial charge in [-0.15, -0.1) is 11.3 Å². The second-order valence-corrected chi connectivity index (χ2v) is 7.51. The topological polar surface area (TPSA) is 109 Å². The van der Waals surface area contributed by atoms with Crippen LogP contribution in [0.25, 0.3) is 0 Å². The second kappa shape index (κ2) is 7.74. The molecule has 1 heterocycles. The lowest BCUT2D eigenvalue weighted by molar-refractivity contribution is 0.0461. The molecule has 3 N–H and O–H groups in total. The van der Waals surface area contributed by atoms with E-state index in [0.717, 1.165) is 11.3 Å². The third-order valence-corrected chi connectivity index (χ3v) is 3.96. The molecule has 1 aromatic heterocycles. The molecule has 0 aliphatic rings. The van der Waals surface area contributed by atoms with E-state index in [0.29, 0.717) is 5.01 Å². The Morgan fingerprint density at radius 2 is 2.00 bits per heavy atom. The largest absolute Gasteiger partial charge is 0.476 e. The molecule has 0 fully saturated rings. The fourth-order valence-electron chi connectivity index (χ4n) is 1.84. The number of aromatic carboxylic acids is 1. The Hall–Kier alpha value is -1.67. The van der Waals surface area contributed by atoms with Crippen molar-refractivity contribution in [3.05, 3.63) is 16.1 Å². The van der Waals surface area contributed by atoms with Gasteiger partial charge in [-0.2, -0.15) is 0 Å². The fourth-order valence-corrected chi connectivity index (χ4v) is 2.63. The van der Waals surface area contributed by atoms with Crippen LogP contribution in [-0.2, 0) is 4.74 Å². The quantitative estimate of drug-likeness (QED) is 0.732. The van der Waals surface area contributed by atoms with Crippen LogP contribution in [0.15, 0.2) is 5.38 Å². The van der Waals surface area contributed by atoms with Crippen LogP contribution in [-0.4, -0.2) is 38.9 Å². The molecule has 2 atom stereocenters. The number of thiazole rings is 1.